The lowest BCUT2D eigenvalue weighted by Crippen LogP contribution is -2.40. The number of methoxy groups -OCH3 is 1. The number of nitrogens with one attached hydrogen (secondary N) is 2. The number of benzene rings is 1. The van der Waals surface area contributed by atoms with Gasteiger partial charge in [0.1, 0.15) is 29.9 Å². The highest BCUT2D eigenvalue weighted by molar-refractivity contribution is 6.09. The Labute approximate surface area is 210 Å². The summed E-state index contributed by atoms with van der Waals surface area (Å²) in [5, 5.41) is 3.11. The van der Waals surface area contributed by atoms with Crippen LogP contribution in [0.4, 0.5) is 0 Å². The van der Waals surface area contributed by atoms with Gasteiger partial charge in [0.25, 0.3) is 5.91 Å². The summed E-state index contributed by atoms with van der Waals surface area (Å²) in [6.07, 6.45) is 4.61. The Bertz CT molecular complexity index is 1300. The van der Waals surface area contributed by atoms with E-state index in [-0.39, 0.29) is 30.5 Å². The van der Waals surface area contributed by atoms with E-state index in [0.717, 1.165) is 22.6 Å². The number of aryl methyl sites for hydroxylation is 2. The van der Waals surface area contributed by atoms with Gasteiger partial charge in [-0.1, -0.05) is 11.6 Å². The summed E-state index contributed by atoms with van der Waals surface area (Å²) < 4.78 is 11.1. The Morgan fingerprint density at radius 2 is 2.03 bits per heavy atom. The summed E-state index contributed by atoms with van der Waals surface area (Å²) in [6.45, 7) is 7.09. The van der Waals surface area contributed by atoms with Gasteiger partial charge in [0, 0.05) is 37.0 Å². The van der Waals surface area contributed by atoms with Gasteiger partial charge in [-0.25, -0.2) is 9.97 Å². The standard InChI is InChI=1S/C27H33N5O4/c1-15-5-8-21(36-12-18-6-7-18)20(9-15)24-26-25(29-14-28-24)23(17(3)30-26)27(34)31-19-10-16(2)32(11-19)22(33)13-35-4/h5,8-9,14,16,18-19,30H,6-7,10-13H2,1-4H3,(H,31,34)/t16-,19-/m0/s1. The van der Waals surface area contributed by atoms with Gasteiger partial charge in [-0.15, -0.1) is 0 Å². The quantitative estimate of drug-likeness (QED) is 0.500. The van der Waals surface area contributed by atoms with Crippen molar-refractivity contribution >= 4 is 22.8 Å². The number of H-pyrrole nitrogens is 1. The van der Waals surface area contributed by atoms with Crippen LogP contribution < -0.4 is 10.1 Å². The third kappa shape index (κ3) is 4.80. The highest BCUT2D eigenvalue weighted by atomic mass is 16.5. The van der Waals surface area contributed by atoms with E-state index in [1.165, 1.54) is 26.3 Å². The van der Waals surface area contributed by atoms with E-state index in [2.05, 4.69) is 26.3 Å². The van der Waals surface area contributed by atoms with E-state index < -0.39 is 0 Å². The molecule has 190 valence electrons. The molecule has 2 atom stereocenters. The van der Waals surface area contributed by atoms with Crippen molar-refractivity contribution < 1.29 is 19.1 Å². The molecule has 3 aromatic rings. The number of amides is 2. The molecule has 36 heavy (non-hydrogen) atoms. The second-order valence-corrected chi connectivity index (χ2v) is 10.1. The molecule has 1 aromatic carbocycles. The number of aromatic amines is 1. The number of likely N-dealkylation sites (tertiary alicyclic amines) is 1. The van der Waals surface area contributed by atoms with Crippen molar-refractivity contribution in [3.8, 4) is 17.0 Å². The zero-order valence-corrected chi connectivity index (χ0v) is 21.3. The molecule has 1 saturated heterocycles. The topological polar surface area (TPSA) is 109 Å². The normalized spacial score (nSPS) is 19.6. The number of ether oxygens (including phenoxy) is 2. The molecule has 2 amide bonds. The smallest absolute Gasteiger partial charge is 0.255 e. The predicted molar refractivity (Wildman–Crippen MR) is 136 cm³/mol. The van der Waals surface area contributed by atoms with E-state index in [1.807, 2.05) is 32.9 Å². The highest BCUT2D eigenvalue weighted by Crippen LogP contribution is 2.37. The van der Waals surface area contributed by atoms with Crippen LogP contribution in [0.2, 0.25) is 0 Å². The fourth-order valence-corrected chi connectivity index (χ4v) is 5.00. The van der Waals surface area contributed by atoms with Crippen LogP contribution in [0, 0.1) is 19.8 Å². The number of hydrogen-bond acceptors (Lipinski definition) is 6. The van der Waals surface area contributed by atoms with Crippen LogP contribution >= 0.6 is 0 Å². The third-order valence-electron chi connectivity index (χ3n) is 7.06. The number of aromatic nitrogens is 3. The fraction of sp³-hybridized carbons (Fsp3) is 0.481. The molecule has 3 heterocycles. The molecule has 2 aromatic heterocycles. The summed E-state index contributed by atoms with van der Waals surface area (Å²) in [5.41, 5.74) is 5.18. The van der Waals surface area contributed by atoms with Crippen molar-refractivity contribution in [2.45, 2.75) is 52.1 Å². The van der Waals surface area contributed by atoms with Gasteiger partial charge in [-0.3, -0.25) is 9.59 Å². The molecule has 5 rings (SSSR count). The van der Waals surface area contributed by atoms with Crippen molar-refractivity contribution in [3.63, 3.8) is 0 Å². The van der Waals surface area contributed by atoms with Crippen LogP contribution in [0.15, 0.2) is 24.5 Å². The van der Waals surface area contributed by atoms with Crippen LogP contribution in [0.5, 0.6) is 5.75 Å². The van der Waals surface area contributed by atoms with Gasteiger partial charge in [0.2, 0.25) is 5.91 Å². The van der Waals surface area contributed by atoms with E-state index in [9.17, 15) is 9.59 Å². The molecule has 1 saturated carbocycles. The van der Waals surface area contributed by atoms with Crippen LogP contribution in [0.1, 0.15) is 47.8 Å². The van der Waals surface area contributed by atoms with Gasteiger partial charge in [-0.2, -0.15) is 0 Å². The zero-order valence-electron chi connectivity index (χ0n) is 21.3. The van der Waals surface area contributed by atoms with Crippen molar-refractivity contribution in [2.75, 3.05) is 26.9 Å². The lowest BCUT2D eigenvalue weighted by molar-refractivity contribution is -0.135. The summed E-state index contributed by atoms with van der Waals surface area (Å²) in [7, 11) is 1.51. The maximum Gasteiger partial charge on any atom is 0.255 e. The Balaban J connectivity index is 1.42. The maximum atomic E-state index is 13.4. The number of hydrogen-bond donors (Lipinski definition) is 2. The number of carbonyl (C=O) groups excluding carboxylic acids is 2. The van der Waals surface area contributed by atoms with Crippen LogP contribution in [0.3, 0.4) is 0 Å². The second-order valence-electron chi connectivity index (χ2n) is 10.1. The molecule has 1 aliphatic carbocycles. The van der Waals surface area contributed by atoms with Crippen molar-refractivity contribution in [2.24, 2.45) is 5.92 Å². The average Bonchev–Trinajstić information content (AvgIpc) is 3.51. The summed E-state index contributed by atoms with van der Waals surface area (Å²) in [5.74, 6) is 1.13. The van der Waals surface area contributed by atoms with Gasteiger partial charge in [-0.05, 0) is 58.1 Å². The highest BCUT2D eigenvalue weighted by Gasteiger charge is 2.34. The Morgan fingerprint density at radius 3 is 2.78 bits per heavy atom. The van der Waals surface area contributed by atoms with Gasteiger partial charge >= 0.3 is 0 Å². The Morgan fingerprint density at radius 1 is 1.22 bits per heavy atom. The van der Waals surface area contributed by atoms with Crippen molar-refractivity contribution in [1.82, 2.24) is 25.2 Å². The first kappa shape index (κ1) is 24.2. The maximum absolute atomic E-state index is 13.4. The summed E-state index contributed by atoms with van der Waals surface area (Å²) >= 11 is 0. The van der Waals surface area contributed by atoms with Gasteiger partial charge < -0.3 is 24.7 Å². The molecule has 0 radical (unpaired) electrons. The number of nitrogens with zero attached hydrogens (tertiary/aromatic N) is 3. The number of carbonyl (C=O) groups is 2. The van der Waals surface area contributed by atoms with Crippen LogP contribution in [-0.4, -0.2) is 70.6 Å². The number of fused-ring (bicyclic) bond motifs is 1. The summed E-state index contributed by atoms with van der Waals surface area (Å²) in [6, 6.07) is 5.98. The van der Waals surface area contributed by atoms with Crippen molar-refractivity contribution in [1.29, 1.82) is 0 Å². The third-order valence-corrected chi connectivity index (χ3v) is 7.06. The fourth-order valence-electron chi connectivity index (χ4n) is 5.00. The first-order chi connectivity index (χ1) is 17.4. The second kappa shape index (κ2) is 9.89. The summed E-state index contributed by atoms with van der Waals surface area (Å²) in [4.78, 5) is 39.9. The molecule has 9 heteroatoms. The molecule has 0 bridgehead atoms. The van der Waals surface area contributed by atoms with Gasteiger partial charge in [0.05, 0.1) is 17.7 Å². The molecule has 2 fully saturated rings. The molecule has 2 N–H and O–H groups in total. The van der Waals surface area contributed by atoms with Gasteiger partial charge in [0.15, 0.2) is 0 Å². The number of rotatable bonds is 8. The molecule has 0 unspecified atom stereocenters. The van der Waals surface area contributed by atoms with E-state index >= 15 is 0 Å². The first-order valence-electron chi connectivity index (χ1n) is 12.5. The minimum Gasteiger partial charge on any atom is -0.493 e. The molecule has 9 nitrogen and oxygen atoms in total. The molecule has 2 aliphatic rings. The lowest BCUT2D eigenvalue weighted by atomic mass is 10.1. The molecule has 0 spiro atoms. The predicted octanol–water partition coefficient (Wildman–Crippen LogP) is 3.40. The van der Waals surface area contributed by atoms with Crippen molar-refractivity contribution in [3.05, 3.63) is 41.3 Å². The van der Waals surface area contributed by atoms with Crippen LogP contribution in [0.25, 0.3) is 22.3 Å². The molecule has 1 aliphatic heterocycles. The van der Waals surface area contributed by atoms with Crippen LogP contribution in [-0.2, 0) is 9.53 Å². The van der Waals surface area contributed by atoms with E-state index in [1.54, 1.807) is 4.90 Å². The largest absolute Gasteiger partial charge is 0.493 e. The Kier molecular flexibility index (Phi) is 6.66. The average molecular weight is 492 g/mol. The molecular formula is C27H33N5O4. The first-order valence-corrected chi connectivity index (χ1v) is 12.5. The monoisotopic (exact) mass is 491 g/mol. The lowest BCUT2D eigenvalue weighted by Gasteiger charge is -2.20. The Hall–Kier alpha value is -3.46. The van der Waals surface area contributed by atoms with E-state index in [4.69, 9.17) is 9.47 Å². The minimum atomic E-state index is -0.212. The minimum absolute atomic E-state index is 0.0336. The molecular weight excluding hydrogens is 458 g/mol. The van der Waals surface area contributed by atoms with E-state index in [0.29, 0.717) is 47.8 Å². The zero-order chi connectivity index (χ0) is 25.4. The SMILES string of the molecule is COCC(=O)N1C[C@@H](NC(=O)c2c(C)[nH]c3c(-c4cc(C)ccc4OCC4CC4)ncnc23)C[C@@H]1C.